The summed E-state index contributed by atoms with van der Waals surface area (Å²) in [6, 6.07) is 0. The summed E-state index contributed by atoms with van der Waals surface area (Å²) in [6.07, 6.45) is 6.38. The molecule has 2 heterocycles. The molecule has 1 saturated heterocycles. The van der Waals surface area contributed by atoms with Crippen molar-refractivity contribution in [2.45, 2.75) is 60.3 Å². The molecule has 1 aromatic rings. The Kier molecular flexibility index (Phi) is 6.97. The molecule has 0 amide bonds. The standard InChI is InChI=1S/C13H21N3.C4H10/c1-10(2)12-8-15-13(9-14-12)16-6-4-11(3)5-7-16;1-4(2)3/h8-11H,4-7H2,1-3H3;4H,1-3H3. The van der Waals surface area contributed by atoms with Gasteiger partial charge in [0.15, 0.2) is 0 Å². The number of nitrogens with zero attached hydrogens (tertiary/aromatic N) is 3. The number of hydrogen-bond acceptors (Lipinski definition) is 3. The first-order chi connectivity index (χ1) is 9.40. The Balaban J connectivity index is 0.000000444. The number of anilines is 1. The minimum atomic E-state index is 0.461. The van der Waals surface area contributed by atoms with Crippen molar-refractivity contribution in [3.05, 3.63) is 18.1 Å². The summed E-state index contributed by atoms with van der Waals surface area (Å²) in [5.74, 6) is 3.19. The third-order valence-electron chi connectivity index (χ3n) is 3.36. The Morgan fingerprint density at radius 2 is 1.55 bits per heavy atom. The summed E-state index contributed by atoms with van der Waals surface area (Å²) in [6.45, 7) is 15.4. The van der Waals surface area contributed by atoms with Gasteiger partial charge in [-0.1, -0.05) is 41.5 Å². The van der Waals surface area contributed by atoms with E-state index in [0.29, 0.717) is 5.92 Å². The van der Waals surface area contributed by atoms with Crippen molar-refractivity contribution in [3.8, 4) is 0 Å². The van der Waals surface area contributed by atoms with Crippen LogP contribution in [0.5, 0.6) is 0 Å². The summed E-state index contributed by atoms with van der Waals surface area (Å²) in [5.41, 5.74) is 1.08. The largest absolute Gasteiger partial charge is 0.355 e. The maximum absolute atomic E-state index is 4.51. The third kappa shape index (κ3) is 5.89. The van der Waals surface area contributed by atoms with Crippen molar-refractivity contribution in [2.24, 2.45) is 11.8 Å². The van der Waals surface area contributed by atoms with E-state index in [0.717, 1.165) is 36.4 Å². The van der Waals surface area contributed by atoms with E-state index in [1.54, 1.807) is 0 Å². The van der Waals surface area contributed by atoms with Gasteiger partial charge in [-0.15, -0.1) is 0 Å². The zero-order chi connectivity index (χ0) is 15.1. The van der Waals surface area contributed by atoms with Crippen LogP contribution in [0.15, 0.2) is 12.4 Å². The molecule has 0 radical (unpaired) electrons. The second kappa shape index (κ2) is 8.23. The molecule has 0 N–H and O–H groups in total. The maximum atomic E-state index is 4.51. The molecule has 0 aliphatic carbocycles. The molecule has 1 fully saturated rings. The highest BCUT2D eigenvalue weighted by Gasteiger charge is 2.17. The van der Waals surface area contributed by atoms with Crippen molar-refractivity contribution in [1.82, 2.24) is 9.97 Å². The molecule has 1 aliphatic rings. The summed E-state index contributed by atoms with van der Waals surface area (Å²) in [4.78, 5) is 11.3. The van der Waals surface area contributed by atoms with Crippen LogP contribution in [0.2, 0.25) is 0 Å². The van der Waals surface area contributed by atoms with Gasteiger partial charge in [0.1, 0.15) is 5.82 Å². The van der Waals surface area contributed by atoms with Gasteiger partial charge in [-0.05, 0) is 30.6 Å². The van der Waals surface area contributed by atoms with Gasteiger partial charge in [-0.2, -0.15) is 0 Å². The monoisotopic (exact) mass is 277 g/mol. The van der Waals surface area contributed by atoms with Crippen LogP contribution in [0.3, 0.4) is 0 Å². The maximum Gasteiger partial charge on any atom is 0.147 e. The Labute approximate surface area is 124 Å². The quantitative estimate of drug-likeness (QED) is 0.797. The van der Waals surface area contributed by atoms with E-state index in [9.17, 15) is 0 Å². The number of rotatable bonds is 2. The minimum absolute atomic E-state index is 0.461. The van der Waals surface area contributed by atoms with Gasteiger partial charge in [0.2, 0.25) is 0 Å². The predicted molar refractivity (Wildman–Crippen MR) is 87.2 cm³/mol. The lowest BCUT2D eigenvalue weighted by Crippen LogP contribution is -2.33. The van der Waals surface area contributed by atoms with E-state index in [-0.39, 0.29) is 0 Å². The zero-order valence-corrected chi connectivity index (χ0v) is 14.1. The van der Waals surface area contributed by atoms with Crippen molar-refractivity contribution >= 4 is 5.82 Å². The Morgan fingerprint density at radius 3 is 1.95 bits per heavy atom. The topological polar surface area (TPSA) is 29.0 Å². The van der Waals surface area contributed by atoms with Gasteiger partial charge in [0.05, 0.1) is 18.1 Å². The zero-order valence-electron chi connectivity index (χ0n) is 14.1. The van der Waals surface area contributed by atoms with Gasteiger partial charge in [0, 0.05) is 13.1 Å². The van der Waals surface area contributed by atoms with Crippen molar-refractivity contribution in [3.63, 3.8) is 0 Å². The highest BCUT2D eigenvalue weighted by molar-refractivity contribution is 5.36. The van der Waals surface area contributed by atoms with Crippen molar-refractivity contribution < 1.29 is 0 Å². The summed E-state index contributed by atoms with van der Waals surface area (Å²) in [5, 5.41) is 0. The molecule has 2 rings (SSSR count). The van der Waals surface area contributed by atoms with Crippen LogP contribution in [0.4, 0.5) is 5.82 Å². The molecule has 0 unspecified atom stereocenters. The molecule has 0 saturated carbocycles. The summed E-state index contributed by atoms with van der Waals surface area (Å²) < 4.78 is 0. The van der Waals surface area contributed by atoms with Gasteiger partial charge in [-0.25, -0.2) is 4.98 Å². The number of piperidine rings is 1. The van der Waals surface area contributed by atoms with Gasteiger partial charge in [0.25, 0.3) is 0 Å². The minimum Gasteiger partial charge on any atom is -0.355 e. The average Bonchev–Trinajstić information content (AvgIpc) is 2.39. The van der Waals surface area contributed by atoms with E-state index < -0.39 is 0 Å². The predicted octanol–water partition coefficient (Wildman–Crippen LogP) is 4.50. The van der Waals surface area contributed by atoms with Crippen LogP contribution in [0.1, 0.15) is 66.0 Å². The van der Waals surface area contributed by atoms with Crippen LogP contribution in [-0.2, 0) is 0 Å². The molecule has 1 aliphatic heterocycles. The first-order valence-corrected chi connectivity index (χ1v) is 7.97. The molecule has 1 aromatic heterocycles. The lowest BCUT2D eigenvalue weighted by Gasteiger charge is -2.30. The first-order valence-electron chi connectivity index (χ1n) is 7.97. The van der Waals surface area contributed by atoms with E-state index in [1.807, 2.05) is 12.4 Å². The van der Waals surface area contributed by atoms with E-state index in [4.69, 9.17) is 0 Å². The smallest absolute Gasteiger partial charge is 0.147 e. The van der Waals surface area contributed by atoms with Crippen LogP contribution >= 0.6 is 0 Å². The molecular formula is C17H31N3. The van der Waals surface area contributed by atoms with Crippen molar-refractivity contribution in [2.75, 3.05) is 18.0 Å². The fourth-order valence-corrected chi connectivity index (χ4v) is 2.03. The SMILES string of the molecule is CC(C)C.CC1CCN(c2cnc(C(C)C)cn2)CC1. The molecule has 3 heteroatoms. The van der Waals surface area contributed by atoms with E-state index in [2.05, 4.69) is 56.4 Å². The second-order valence-electron chi connectivity index (χ2n) is 6.86. The molecule has 3 nitrogen and oxygen atoms in total. The van der Waals surface area contributed by atoms with Crippen molar-refractivity contribution in [1.29, 1.82) is 0 Å². The molecule has 114 valence electrons. The van der Waals surface area contributed by atoms with E-state index in [1.165, 1.54) is 12.8 Å². The normalized spacial score (nSPS) is 16.3. The Bertz CT molecular complexity index is 360. The van der Waals surface area contributed by atoms with Gasteiger partial charge >= 0.3 is 0 Å². The third-order valence-corrected chi connectivity index (χ3v) is 3.36. The first kappa shape index (κ1) is 16.9. The molecule has 0 aromatic carbocycles. The molecule has 20 heavy (non-hydrogen) atoms. The summed E-state index contributed by atoms with van der Waals surface area (Å²) in [7, 11) is 0. The number of hydrogen-bond donors (Lipinski definition) is 0. The fraction of sp³-hybridized carbons (Fsp3) is 0.765. The van der Waals surface area contributed by atoms with Gasteiger partial charge in [-0.3, -0.25) is 4.98 Å². The highest BCUT2D eigenvalue weighted by atomic mass is 15.2. The van der Waals surface area contributed by atoms with Crippen LogP contribution in [-0.4, -0.2) is 23.1 Å². The molecule has 0 spiro atoms. The van der Waals surface area contributed by atoms with Crippen LogP contribution < -0.4 is 4.90 Å². The average molecular weight is 277 g/mol. The molecule has 0 atom stereocenters. The van der Waals surface area contributed by atoms with Crippen LogP contribution in [0, 0.1) is 11.8 Å². The summed E-state index contributed by atoms with van der Waals surface area (Å²) >= 11 is 0. The second-order valence-corrected chi connectivity index (χ2v) is 6.86. The molecular weight excluding hydrogens is 246 g/mol. The lowest BCUT2D eigenvalue weighted by molar-refractivity contribution is 0.436. The lowest BCUT2D eigenvalue weighted by atomic mass is 9.99. The Hall–Kier alpha value is -1.12. The van der Waals surface area contributed by atoms with Gasteiger partial charge < -0.3 is 4.90 Å². The van der Waals surface area contributed by atoms with Crippen LogP contribution in [0.25, 0.3) is 0 Å². The highest BCUT2D eigenvalue weighted by Crippen LogP contribution is 2.21. The number of aromatic nitrogens is 2. The fourth-order valence-electron chi connectivity index (χ4n) is 2.03. The Morgan fingerprint density at radius 1 is 1.00 bits per heavy atom. The van der Waals surface area contributed by atoms with E-state index >= 15 is 0 Å². The molecule has 0 bridgehead atoms.